The van der Waals surface area contributed by atoms with E-state index < -0.39 is 96.3 Å². The predicted octanol–water partition coefficient (Wildman–Crippen LogP) is 2.73. The Morgan fingerprint density at radius 3 is 2.21 bits per heavy atom. The fraction of sp³-hybridized carbons (Fsp3) is 0.800. The fourth-order valence-electron chi connectivity index (χ4n) is 8.74. The highest BCUT2D eigenvalue weighted by atomic mass is 16.7. The zero-order chi connectivity index (χ0) is 35.2. The first kappa shape index (κ1) is 37.5. The van der Waals surface area contributed by atoms with E-state index >= 15 is 0 Å². The molecule has 3 fully saturated rings. The third-order valence-corrected chi connectivity index (χ3v) is 11.1. The Labute approximate surface area is 277 Å². The third-order valence-electron chi connectivity index (χ3n) is 11.1. The van der Waals surface area contributed by atoms with Gasteiger partial charge in [-0.05, 0) is 54.6 Å². The molecule has 1 aliphatic heterocycles. The SMILES string of the molecule is C=C1C(OC(C)=O)CCC2(C)CC(OC3OC(CO)C(O)C(O)C3O)C3=C(C)CC(OC(=O)C(C)CC)C(C(OC(C)=O)C12)C3(C)C. The highest BCUT2D eigenvalue weighted by Crippen LogP contribution is 2.61. The van der Waals surface area contributed by atoms with Gasteiger partial charge >= 0.3 is 17.9 Å². The van der Waals surface area contributed by atoms with Crippen molar-refractivity contribution in [2.24, 2.45) is 28.6 Å². The van der Waals surface area contributed by atoms with Gasteiger partial charge in [0, 0.05) is 32.1 Å². The summed E-state index contributed by atoms with van der Waals surface area (Å²) in [5, 5.41) is 41.8. The lowest BCUT2D eigenvalue weighted by atomic mass is 9.50. The van der Waals surface area contributed by atoms with E-state index in [9.17, 15) is 34.8 Å². The largest absolute Gasteiger partial charge is 0.461 e. The number of ether oxygens (including phenoxy) is 5. The highest BCUT2D eigenvalue weighted by molar-refractivity contribution is 5.72. The molecule has 12 heteroatoms. The van der Waals surface area contributed by atoms with Crippen LogP contribution in [0, 0.1) is 28.6 Å². The zero-order valence-electron chi connectivity index (χ0n) is 28.9. The summed E-state index contributed by atoms with van der Waals surface area (Å²) in [6.45, 7) is 18.2. The molecule has 3 aliphatic carbocycles. The van der Waals surface area contributed by atoms with E-state index in [1.165, 1.54) is 13.8 Å². The maximum absolute atomic E-state index is 13.3. The van der Waals surface area contributed by atoms with Crippen LogP contribution in [0.25, 0.3) is 0 Å². The summed E-state index contributed by atoms with van der Waals surface area (Å²) in [5.74, 6) is -2.82. The molecular formula is C35H54O12. The Hall–Kier alpha value is -2.35. The van der Waals surface area contributed by atoms with Crippen molar-refractivity contribution in [3.8, 4) is 0 Å². The zero-order valence-corrected chi connectivity index (χ0v) is 28.9. The van der Waals surface area contributed by atoms with Crippen molar-refractivity contribution in [1.29, 1.82) is 0 Å². The topological polar surface area (TPSA) is 178 Å². The summed E-state index contributed by atoms with van der Waals surface area (Å²) in [4.78, 5) is 38.3. The summed E-state index contributed by atoms with van der Waals surface area (Å²) in [5.41, 5.74) is 0.843. The van der Waals surface area contributed by atoms with Gasteiger partial charge in [-0.2, -0.15) is 0 Å². The van der Waals surface area contributed by atoms with E-state index in [1.807, 2.05) is 34.6 Å². The molecule has 0 aromatic heterocycles. The van der Waals surface area contributed by atoms with Crippen molar-refractivity contribution in [2.45, 2.75) is 143 Å². The molecule has 0 radical (unpaired) electrons. The maximum atomic E-state index is 13.3. The quantitative estimate of drug-likeness (QED) is 0.169. The monoisotopic (exact) mass is 666 g/mol. The van der Waals surface area contributed by atoms with E-state index in [1.54, 1.807) is 6.92 Å². The number of carbonyl (C=O) groups is 3. The first-order chi connectivity index (χ1) is 21.9. The Balaban J connectivity index is 1.91. The van der Waals surface area contributed by atoms with Crippen molar-refractivity contribution in [3.05, 3.63) is 23.3 Å². The smallest absolute Gasteiger partial charge is 0.308 e. The molecule has 0 aromatic carbocycles. The van der Waals surface area contributed by atoms with Crippen LogP contribution in [-0.2, 0) is 38.1 Å². The molecule has 12 nitrogen and oxygen atoms in total. The van der Waals surface area contributed by atoms with Crippen LogP contribution in [0.15, 0.2) is 23.3 Å². The Bertz CT molecular complexity index is 1240. The Morgan fingerprint density at radius 2 is 1.64 bits per heavy atom. The first-order valence-corrected chi connectivity index (χ1v) is 16.8. The van der Waals surface area contributed by atoms with E-state index in [0.29, 0.717) is 37.7 Å². The summed E-state index contributed by atoms with van der Waals surface area (Å²) < 4.78 is 30.6. The van der Waals surface area contributed by atoms with Crippen LogP contribution in [0.3, 0.4) is 0 Å². The predicted molar refractivity (Wildman–Crippen MR) is 168 cm³/mol. The summed E-state index contributed by atoms with van der Waals surface area (Å²) in [6.07, 6.45) is -7.94. The van der Waals surface area contributed by atoms with Crippen LogP contribution in [0.1, 0.15) is 87.5 Å². The van der Waals surface area contributed by atoms with E-state index in [2.05, 4.69) is 6.58 Å². The second-order valence-corrected chi connectivity index (χ2v) is 14.9. The minimum Gasteiger partial charge on any atom is -0.461 e. The number of aliphatic hydroxyl groups excluding tert-OH is 4. The van der Waals surface area contributed by atoms with Gasteiger partial charge in [0.15, 0.2) is 6.29 Å². The molecular weight excluding hydrogens is 612 g/mol. The molecule has 0 amide bonds. The van der Waals surface area contributed by atoms with Crippen LogP contribution in [-0.4, -0.2) is 100 Å². The molecule has 0 spiro atoms. The molecule has 13 unspecified atom stereocenters. The normalized spacial score (nSPS) is 40.8. The van der Waals surface area contributed by atoms with Gasteiger partial charge in [0.1, 0.15) is 42.7 Å². The molecule has 4 rings (SSSR count). The van der Waals surface area contributed by atoms with E-state index in [0.717, 1.165) is 11.1 Å². The second kappa shape index (κ2) is 14.2. The molecule has 4 N–H and O–H groups in total. The Morgan fingerprint density at radius 1 is 1.00 bits per heavy atom. The average Bonchev–Trinajstić information content (AvgIpc) is 2.96. The molecule has 1 saturated heterocycles. The molecule has 13 atom stereocenters. The van der Waals surface area contributed by atoms with Crippen LogP contribution in [0.4, 0.5) is 0 Å². The molecule has 47 heavy (non-hydrogen) atoms. The number of carbonyl (C=O) groups excluding carboxylic acids is 3. The van der Waals surface area contributed by atoms with E-state index in [-0.39, 0.29) is 11.9 Å². The lowest BCUT2D eigenvalue weighted by Crippen LogP contribution is -2.62. The van der Waals surface area contributed by atoms with Gasteiger partial charge in [-0.1, -0.05) is 46.8 Å². The minimum atomic E-state index is -1.62. The average molecular weight is 667 g/mol. The number of hydrogen-bond donors (Lipinski definition) is 4. The lowest BCUT2D eigenvalue weighted by molar-refractivity contribution is -0.312. The number of esters is 3. The van der Waals surface area contributed by atoms with Crippen molar-refractivity contribution in [3.63, 3.8) is 0 Å². The van der Waals surface area contributed by atoms with Crippen molar-refractivity contribution < 1.29 is 58.5 Å². The van der Waals surface area contributed by atoms with Gasteiger partial charge in [-0.15, -0.1) is 0 Å². The van der Waals surface area contributed by atoms with Gasteiger partial charge in [0.05, 0.1) is 18.6 Å². The van der Waals surface area contributed by atoms with Gasteiger partial charge in [0.25, 0.3) is 0 Å². The lowest BCUT2D eigenvalue weighted by Gasteiger charge is -2.59. The first-order valence-electron chi connectivity index (χ1n) is 16.8. The molecule has 1 heterocycles. The summed E-state index contributed by atoms with van der Waals surface area (Å²) >= 11 is 0. The van der Waals surface area contributed by atoms with Crippen LogP contribution in [0.5, 0.6) is 0 Å². The molecule has 4 aliphatic rings. The fourth-order valence-corrected chi connectivity index (χ4v) is 8.74. The number of rotatable bonds is 8. The maximum Gasteiger partial charge on any atom is 0.308 e. The number of fused-ring (bicyclic) bond motifs is 3. The van der Waals surface area contributed by atoms with Crippen molar-refractivity contribution in [2.75, 3.05) is 6.61 Å². The third kappa shape index (κ3) is 7.19. The summed E-state index contributed by atoms with van der Waals surface area (Å²) in [6, 6.07) is 0. The number of aliphatic hydroxyl groups is 4. The van der Waals surface area contributed by atoms with Crippen LogP contribution in [0.2, 0.25) is 0 Å². The van der Waals surface area contributed by atoms with Gasteiger partial charge in [-0.25, -0.2) is 0 Å². The molecule has 2 saturated carbocycles. The number of hydrogen-bond acceptors (Lipinski definition) is 12. The summed E-state index contributed by atoms with van der Waals surface area (Å²) in [7, 11) is 0. The standard InChI is InChI=1S/C35H54O12/c1-10-16(2)32(42)45-22-13-17(3)25-23(46-33-30(41)29(40)28(39)24(15-36)47-33)14-35(9)12-11-21(43-19(5)37)18(4)26(35)31(44-20(6)38)27(22)34(25,7)8/h16,21-24,26-31,33,36,39-41H,4,10-15H2,1-3,5-9H3. The van der Waals surface area contributed by atoms with Gasteiger partial charge in [0.2, 0.25) is 0 Å². The van der Waals surface area contributed by atoms with Crippen LogP contribution < -0.4 is 0 Å². The molecule has 266 valence electrons. The van der Waals surface area contributed by atoms with E-state index in [4.69, 9.17) is 23.7 Å². The molecule has 0 aromatic rings. The Kier molecular flexibility index (Phi) is 11.4. The van der Waals surface area contributed by atoms with Gasteiger partial charge in [-0.3, -0.25) is 14.4 Å². The minimum absolute atomic E-state index is 0.321. The molecule has 2 bridgehead atoms. The van der Waals surface area contributed by atoms with Crippen molar-refractivity contribution in [1.82, 2.24) is 0 Å². The van der Waals surface area contributed by atoms with Crippen LogP contribution >= 0.6 is 0 Å². The van der Waals surface area contributed by atoms with Crippen molar-refractivity contribution >= 4 is 17.9 Å². The second-order valence-electron chi connectivity index (χ2n) is 14.9. The van der Waals surface area contributed by atoms with Gasteiger partial charge < -0.3 is 44.1 Å². The highest BCUT2D eigenvalue weighted by Gasteiger charge is 2.61.